The molecule has 0 saturated heterocycles. The Morgan fingerprint density at radius 1 is 0.587 bits per heavy atom. The van der Waals surface area contributed by atoms with Crippen LogP contribution in [-0.4, -0.2) is 37.2 Å². The number of nitrogens with zero attached hydrogens (tertiary/aromatic N) is 2. The summed E-state index contributed by atoms with van der Waals surface area (Å²) in [4.78, 5) is 0.360. The number of anilines is 2. The highest BCUT2D eigenvalue weighted by atomic mass is 35.5. The van der Waals surface area contributed by atoms with Crippen molar-refractivity contribution in [1.29, 1.82) is 0 Å². The second-order valence-electron chi connectivity index (χ2n) is 10.1. The fraction of sp³-hybridized carbons (Fsp3) is 0.0625. The maximum atomic E-state index is 12.4. The number of benzene rings is 4. The van der Waals surface area contributed by atoms with Gasteiger partial charge in [0, 0.05) is 26.7 Å². The van der Waals surface area contributed by atoms with Crippen LogP contribution < -0.4 is 9.44 Å². The van der Waals surface area contributed by atoms with Crippen molar-refractivity contribution < 1.29 is 16.8 Å². The van der Waals surface area contributed by atoms with Gasteiger partial charge >= 0.3 is 0 Å². The van der Waals surface area contributed by atoms with Crippen molar-refractivity contribution in [3.8, 4) is 22.3 Å². The van der Waals surface area contributed by atoms with Crippen LogP contribution in [0, 0.1) is 13.8 Å². The molecule has 0 spiro atoms. The summed E-state index contributed by atoms with van der Waals surface area (Å²) in [6.07, 6.45) is 3.10. The third-order valence-electron chi connectivity index (χ3n) is 6.90. The summed E-state index contributed by atoms with van der Waals surface area (Å²) >= 11 is 12.2. The second kappa shape index (κ2) is 13.8. The summed E-state index contributed by atoms with van der Waals surface area (Å²) in [5, 5.41) is 14.2. The van der Waals surface area contributed by atoms with E-state index in [2.05, 4.69) is 29.8 Å². The number of hydrogen-bond acceptors (Lipinski definition) is 6. The highest BCUT2D eigenvalue weighted by molar-refractivity contribution is 7.93. The molecule has 0 atom stereocenters. The second-order valence-corrected chi connectivity index (χ2v) is 14.3. The van der Waals surface area contributed by atoms with Crippen LogP contribution >= 0.6 is 23.2 Å². The van der Waals surface area contributed by atoms with Gasteiger partial charge in [0.15, 0.2) is 0 Å². The van der Waals surface area contributed by atoms with Gasteiger partial charge in [0.05, 0.1) is 22.2 Å². The minimum atomic E-state index is -3.73. The highest BCUT2D eigenvalue weighted by Crippen LogP contribution is 2.35. The van der Waals surface area contributed by atoms with E-state index in [9.17, 15) is 16.8 Å². The van der Waals surface area contributed by atoms with E-state index >= 15 is 0 Å². The van der Waals surface area contributed by atoms with Crippen LogP contribution in [0.1, 0.15) is 11.1 Å². The first-order valence-electron chi connectivity index (χ1n) is 13.7. The number of aromatic nitrogens is 4. The first kappa shape index (κ1) is 32.8. The number of aryl methyl sites for hydroxylation is 2. The smallest absolute Gasteiger partial charge is 0.263 e. The molecule has 46 heavy (non-hydrogen) atoms. The zero-order valence-electron chi connectivity index (χ0n) is 24.5. The Morgan fingerprint density at radius 2 is 1.11 bits per heavy atom. The number of hydrogen-bond donors (Lipinski definition) is 4. The monoisotopic (exact) mass is 694 g/mol. The lowest BCUT2D eigenvalue weighted by molar-refractivity contribution is 0.599. The minimum absolute atomic E-state index is 0.151. The molecule has 0 saturated carbocycles. The Bertz CT molecular complexity index is 2190. The van der Waals surface area contributed by atoms with Crippen LogP contribution in [0.3, 0.4) is 0 Å². The summed E-state index contributed by atoms with van der Waals surface area (Å²) in [7, 11) is -7.39. The minimum Gasteiger partial charge on any atom is -0.263 e. The lowest BCUT2D eigenvalue weighted by Crippen LogP contribution is -2.13. The number of nitrogens with one attached hydrogen (secondary N) is 4. The van der Waals surface area contributed by atoms with E-state index in [0.29, 0.717) is 32.6 Å². The van der Waals surface area contributed by atoms with Gasteiger partial charge < -0.3 is 0 Å². The SMILES string of the molecule is Cc1ccc(-c2cn[nH]c2NS(=O)(=O)c2ccccc2)cc1C.O=S(=O)(Nc1[nH]ncc1-c1cc(Cl)ccc1Cl)c1ccccc1. The number of H-pyrrole nitrogens is 2. The molecule has 0 aliphatic carbocycles. The number of halogens is 2. The Labute approximate surface area is 276 Å². The Morgan fingerprint density at radius 3 is 1.65 bits per heavy atom. The van der Waals surface area contributed by atoms with Gasteiger partial charge in [-0.05, 0) is 73.0 Å². The van der Waals surface area contributed by atoms with Gasteiger partial charge in [0.25, 0.3) is 20.0 Å². The quantitative estimate of drug-likeness (QED) is 0.128. The van der Waals surface area contributed by atoms with E-state index in [1.807, 2.05) is 32.0 Å². The van der Waals surface area contributed by atoms with Crippen molar-refractivity contribution in [2.24, 2.45) is 0 Å². The number of aromatic amines is 2. The maximum absolute atomic E-state index is 12.4. The molecule has 0 radical (unpaired) electrons. The van der Waals surface area contributed by atoms with Crippen molar-refractivity contribution in [3.05, 3.63) is 131 Å². The fourth-order valence-electron chi connectivity index (χ4n) is 4.35. The molecule has 10 nitrogen and oxygen atoms in total. The first-order valence-corrected chi connectivity index (χ1v) is 17.4. The first-order chi connectivity index (χ1) is 21.9. The van der Waals surface area contributed by atoms with Crippen LogP contribution in [-0.2, 0) is 20.0 Å². The van der Waals surface area contributed by atoms with Gasteiger partial charge in [0.1, 0.15) is 11.6 Å². The Balaban J connectivity index is 0.000000181. The molecule has 0 aliphatic heterocycles. The van der Waals surface area contributed by atoms with Crippen molar-refractivity contribution in [2.45, 2.75) is 23.6 Å². The predicted octanol–water partition coefficient (Wildman–Crippen LogP) is 7.68. The van der Waals surface area contributed by atoms with Gasteiger partial charge in [-0.3, -0.25) is 19.6 Å². The van der Waals surface area contributed by atoms with Gasteiger partial charge in [-0.25, -0.2) is 16.8 Å². The van der Waals surface area contributed by atoms with Gasteiger partial charge in [-0.1, -0.05) is 77.8 Å². The summed E-state index contributed by atoms with van der Waals surface area (Å²) in [6, 6.07) is 27.2. The summed E-state index contributed by atoms with van der Waals surface area (Å²) in [5.41, 5.74) is 5.04. The maximum Gasteiger partial charge on any atom is 0.263 e. The van der Waals surface area contributed by atoms with E-state index in [4.69, 9.17) is 23.2 Å². The zero-order valence-corrected chi connectivity index (χ0v) is 27.6. The predicted molar refractivity (Wildman–Crippen MR) is 182 cm³/mol. The molecule has 2 aromatic heterocycles. The molecular formula is C32H28Cl2N6O4S2. The average Bonchev–Trinajstić information content (AvgIpc) is 3.70. The molecule has 4 N–H and O–H groups in total. The van der Waals surface area contributed by atoms with Crippen LogP contribution in [0.15, 0.2) is 119 Å². The van der Waals surface area contributed by atoms with Gasteiger partial charge in [-0.2, -0.15) is 10.2 Å². The standard InChI is InChI=1S/C17H17N3O2S.C15H11Cl2N3O2S/c1-12-8-9-14(10-13(12)2)16-11-18-19-17(16)20-23(21,22)15-6-4-3-5-7-15;16-10-6-7-14(17)12(8-10)13-9-18-19-15(13)20-23(21,22)11-4-2-1-3-5-11/h3-11H,1-2H3,(H2,18,19,20);1-9H,(H2,18,19,20). The molecule has 0 unspecified atom stereocenters. The topological polar surface area (TPSA) is 150 Å². The van der Waals surface area contributed by atoms with Crippen molar-refractivity contribution in [3.63, 3.8) is 0 Å². The fourth-order valence-corrected chi connectivity index (χ4v) is 6.86. The molecular weight excluding hydrogens is 667 g/mol. The third kappa shape index (κ3) is 7.60. The Kier molecular flexibility index (Phi) is 9.82. The summed E-state index contributed by atoms with van der Waals surface area (Å²) < 4.78 is 54.8. The molecule has 0 fully saturated rings. The van der Waals surface area contributed by atoms with Crippen molar-refractivity contribution in [2.75, 3.05) is 9.44 Å². The van der Waals surface area contributed by atoms with Crippen LogP contribution in [0.5, 0.6) is 0 Å². The van der Waals surface area contributed by atoms with Crippen LogP contribution in [0.25, 0.3) is 22.3 Å². The summed E-state index contributed by atoms with van der Waals surface area (Å²) in [5.74, 6) is 0.579. The van der Waals surface area contributed by atoms with Crippen LogP contribution in [0.4, 0.5) is 11.6 Å². The third-order valence-corrected chi connectivity index (χ3v) is 10.2. The Hall–Kier alpha value is -4.62. The van der Waals surface area contributed by atoms with E-state index in [-0.39, 0.29) is 15.6 Å². The van der Waals surface area contributed by atoms with Gasteiger partial charge in [-0.15, -0.1) is 0 Å². The highest BCUT2D eigenvalue weighted by Gasteiger charge is 2.20. The molecule has 236 valence electrons. The number of rotatable bonds is 8. The average molecular weight is 696 g/mol. The molecule has 14 heteroatoms. The van der Waals surface area contributed by atoms with Crippen molar-refractivity contribution >= 4 is 54.9 Å². The van der Waals surface area contributed by atoms with Crippen molar-refractivity contribution in [1.82, 2.24) is 20.4 Å². The van der Waals surface area contributed by atoms with Crippen LogP contribution in [0.2, 0.25) is 10.0 Å². The van der Waals surface area contributed by atoms with E-state index in [0.717, 1.165) is 11.1 Å². The largest absolute Gasteiger partial charge is 0.263 e. The summed E-state index contributed by atoms with van der Waals surface area (Å²) in [6.45, 7) is 4.06. The molecule has 6 aromatic rings. The number of sulfonamides is 2. The van der Waals surface area contributed by atoms with Gasteiger partial charge in [0.2, 0.25) is 0 Å². The molecule has 2 heterocycles. The molecule has 6 rings (SSSR count). The van der Waals surface area contributed by atoms with E-state index < -0.39 is 20.0 Å². The van der Waals surface area contributed by atoms with E-state index in [1.165, 1.54) is 23.9 Å². The normalized spacial score (nSPS) is 11.4. The molecule has 0 bridgehead atoms. The molecule has 4 aromatic carbocycles. The molecule has 0 amide bonds. The lowest BCUT2D eigenvalue weighted by Gasteiger charge is -2.09. The molecule has 0 aliphatic rings. The zero-order chi connectivity index (χ0) is 32.9. The lowest BCUT2D eigenvalue weighted by atomic mass is 10.0. The van der Waals surface area contributed by atoms with E-state index in [1.54, 1.807) is 72.9 Å².